The number of carbonyl (C=O) groups is 4. The van der Waals surface area contributed by atoms with E-state index in [4.69, 9.17) is 37.0 Å². The van der Waals surface area contributed by atoms with Gasteiger partial charge in [0.15, 0.2) is 12.2 Å². The summed E-state index contributed by atoms with van der Waals surface area (Å²) in [4.78, 5) is 72.9. The summed E-state index contributed by atoms with van der Waals surface area (Å²) >= 11 is 0. The molecule has 19 heteroatoms. The molecule has 0 saturated carbocycles. The molecule has 0 aromatic rings. The zero-order chi connectivity index (χ0) is 73.2. The smallest absolute Gasteiger partial charge is 0.462 e. The lowest BCUT2D eigenvalue weighted by Crippen LogP contribution is -2.30. The Morgan fingerprint density at radius 2 is 0.520 bits per heavy atom. The van der Waals surface area contributed by atoms with Crippen LogP contribution in [0.5, 0.6) is 0 Å². The highest BCUT2D eigenvalue weighted by atomic mass is 31.2. The Labute approximate surface area is 608 Å². The average Bonchev–Trinajstić information content (AvgIpc) is 1.05. The molecule has 0 aliphatic rings. The monoisotopic (exact) mass is 1450 g/mol. The second-order valence-electron chi connectivity index (χ2n) is 26.6. The maximum atomic E-state index is 13.1. The number of aliphatic hydroxyl groups is 1. The van der Waals surface area contributed by atoms with Gasteiger partial charge >= 0.3 is 39.5 Å². The Hall–Kier alpha value is -3.76. The first-order valence-electron chi connectivity index (χ1n) is 39.8. The van der Waals surface area contributed by atoms with Crippen molar-refractivity contribution in [2.24, 2.45) is 0 Å². The standard InChI is InChI=1S/C81H144O17P2/c1-5-9-13-17-21-25-29-32-34-36-37-39-40-43-47-50-54-58-62-66-79(84)92-72-77(98-81(86)68-64-60-56-52-48-44-41-38-35-33-30-26-22-18-14-10-6-2)74-96-100(89,90)94-70-75(82)69-93-99(87,88)95-73-76(97-80(85)67-63-59-55-51-45-28-24-20-16-12-8-4)71-91-78(83)65-61-57-53-49-46-42-31-27-23-19-15-11-7-3/h10,14,21-22,25-27,31-35,37,39,75-77,82H,5-9,11-13,15-20,23-24,28-30,36,38,40-74H2,1-4H3,(H,87,88)(H,89,90)/b14-10-,25-21-,26-22-,31-27-,34-32-,35-33-,39-37-. The van der Waals surface area contributed by atoms with Gasteiger partial charge in [0.25, 0.3) is 0 Å². The topological polar surface area (TPSA) is 237 Å². The quantitative estimate of drug-likeness (QED) is 0.0169. The summed E-state index contributed by atoms with van der Waals surface area (Å²) in [6.45, 7) is 4.73. The predicted octanol–water partition coefficient (Wildman–Crippen LogP) is 23.0. The van der Waals surface area contributed by atoms with Crippen LogP contribution in [0.15, 0.2) is 85.1 Å². The molecule has 5 atom stereocenters. The van der Waals surface area contributed by atoms with Crippen LogP contribution in [0.3, 0.4) is 0 Å². The van der Waals surface area contributed by atoms with E-state index in [1.165, 1.54) is 83.5 Å². The third-order valence-electron chi connectivity index (χ3n) is 16.8. The van der Waals surface area contributed by atoms with Crippen molar-refractivity contribution in [3.63, 3.8) is 0 Å². The number of rotatable bonds is 75. The van der Waals surface area contributed by atoms with Gasteiger partial charge < -0.3 is 33.8 Å². The van der Waals surface area contributed by atoms with E-state index in [1.54, 1.807) is 0 Å². The van der Waals surface area contributed by atoms with Crippen LogP contribution < -0.4 is 0 Å². The first-order valence-corrected chi connectivity index (χ1v) is 42.8. The SMILES string of the molecule is CC/C=C\C/C=C\C/C=C\CCCCCCCCCC(=O)OC(COC(=O)CCCCCCCC/C=C\C/C=C\C/C=C\CCCCC)COP(=O)(O)OCC(O)COP(=O)(O)OCC(COC(=O)CCCCCCC/C=C\CCCCCC)OC(=O)CCCCCCCCCCCCC. The van der Waals surface area contributed by atoms with Gasteiger partial charge in [-0.3, -0.25) is 37.3 Å². The zero-order valence-electron chi connectivity index (χ0n) is 63.4. The van der Waals surface area contributed by atoms with Gasteiger partial charge in [0.1, 0.15) is 19.3 Å². The van der Waals surface area contributed by atoms with E-state index in [2.05, 4.69) is 113 Å². The van der Waals surface area contributed by atoms with Gasteiger partial charge in [-0.05, 0) is 122 Å². The Morgan fingerprint density at radius 3 is 0.840 bits per heavy atom. The number of ether oxygens (including phenoxy) is 4. The van der Waals surface area contributed by atoms with Crippen molar-refractivity contribution in [1.29, 1.82) is 0 Å². The highest BCUT2D eigenvalue weighted by Crippen LogP contribution is 2.45. The lowest BCUT2D eigenvalue weighted by Gasteiger charge is -2.21. The van der Waals surface area contributed by atoms with Crippen LogP contribution in [0.1, 0.15) is 349 Å². The van der Waals surface area contributed by atoms with E-state index < -0.39 is 97.5 Å². The minimum atomic E-state index is -4.98. The minimum absolute atomic E-state index is 0.0818. The highest BCUT2D eigenvalue weighted by Gasteiger charge is 2.30. The molecule has 5 unspecified atom stereocenters. The van der Waals surface area contributed by atoms with E-state index in [1.807, 2.05) is 0 Å². The summed E-state index contributed by atoms with van der Waals surface area (Å²) in [5, 5.41) is 10.6. The highest BCUT2D eigenvalue weighted by molar-refractivity contribution is 7.47. The maximum absolute atomic E-state index is 13.1. The van der Waals surface area contributed by atoms with Crippen LogP contribution in [-0.2, 0) is 65.4 Å². The second kappa shape index (κ2) is 73.5. The van der Waals surface area contributed by atoms with Gasteiger partial charge in [-0.15, -0.1) is 0 Å². The lowest BCUT2D eigenvalue weighted by atomic mass is 10.1. The molecule has 0 bridgehead atoms. The molecular formula is C81H144O17P2. The van der Waals surface area contributed by atoms with Gasteiger partial charge in [0, 0.05) is 25.7 Å². The summed E-state index contributed by atoms with van der Waals surface area (Å²) < 4.78 is 68.5. The van der Waals surface area contributed by atoms with Crippen LogP contribution in [0.25, 0.3) is 0 Å². The van der Waals surface area contributed by atoms with Gasteiger partial charge in [0.05, 0.1) is 26.4 Å². The molecule has 580 valence electrons. The molecule has 0 aromatic heterocycles. The lowest BCUT2D eigenvalue weighted by molar-refractivity contribution is -0.161. The Kier molecular flexibility index (Phi) is 70.8. The normalized spacial score (nSPS) is 14.3. The van der Waals surface area contributed by atoms with Crippen molar-refractivity contribution >= 4 is 39.5 Å². The molecule has 17 nitrogen and oxygen atoms in total. The molecule has 0 rings (SSSR count). The van der Waals surface area contributed by atoms with E-state index >= 15 is 0 Å². The number of aliphatic hydroxyl groups excluding tert-OH is 1. The van der Waals surface area contributed by atoms with Crippen LogP contribution in [-0.4, -0.2) is 96.7 Å². The molecule has 0 saturated heterocycles. The third-order valence-corrected chi connectivity index (χ3v) is 18.7. The summed E-state index contributed by atoms with van der Waals surface area (Å²) in [5.74, 6) is -2.19. The molecule has 0 aromatic carbocycles. The van der Waals surface area contributed by atoms with Crippen molar-refractivity contribution in [1.82, 2.24) is 0 Å². The van der Waals surface area contributed by atoms with Gasteiger partial charge in [-0.1, -0.05) is 286 Å². The number of phosphoric ester groups is 2. The number of hydrogen-bond acceptors (Lipinski definition) is 15. The van der Waals surface area contributed by atoms with Crippen molar-refractivity contribution in [2.45, 2.75) is 367 Å². The molecule has 0 aliphatic carbocycles. The summed E-state index contributed by atoms with van der Waals surface area (Å²) in [7, 11) is -9.95. The fraction of sp³-hybridized carbons (Fsp3) is 0.778. The Balaban J connectivity index is 5.33. The number of unbranched alkanes of at least 4 members (excludes halogenated alkanes) is 35. The molecule has 0 heterocycles. The predicted molar refractivity (Wildman–Crippen MR) is 409 cm³/mol. The van der Waals surface area contributed by atoms with Gasteiger partial charge in [-0.25, -0.2) is 9.13 Å². The second-order valence-corrected chi connectivity index (χ2v) is 29.5. The van der Waals surface area contributed by atoms with E-state index in [-0.39, 0.29) is 25.7 Å². The van der Waals surface area contributed by atoms with Crippen molar-refractivity contribution in [2.75, 3.05) is 39.6 Å². The summed E-state index contributed by atoms with van der Waals surface area (Å²) in [6.07, 6.45) is 75.6. The largest absolute Gasteiger partial charge is 0.472 e. The van der Waals surface area contributed by atoms with E-state index in [0.29, 0.717) is 25.7 Å². The van der Waals surface area contributed by atoms with Crippen LogP contribution in [0.4, 0.5) is 0 Å². The molecule has 0 amide bonds. The fourth-order valence-electron chi connectivity index (χ4n) is 10.8. The van der Waals surface area contributed by atoms with Crippen molar-refractivity contribution in [3.8, 4) is 0 Å². The Bertz CT molecular complexity index is 2230. The molecule has 0 radical (unpaired) electrons. The van der Waals surface area contributed by atoms with Crippen molar-refractivity contribution in [3.05, 3.63) is 85.1 Å². The number of allylic oxidation sites excluding steroid dienone is 14. The molecule has 100 heavy (non-hydrogen) atoms. The number of esters is 4. The zero-order valence-corrected chi connectivity index (χ0v) is 65.2. The molecule has 3 N–H and O–H groups in total. The fourth-order valence-corrected chi connectivity index (χ4v) is 12.3. The van der Waals surface area contributed by atoms with Crippen LogP contribution in [0.2, 0.25) is 0 Å². The van der Waals surface area contributed by atoms with Crippen molar-refractivity contribution < 1.29 is 80.2 Å². The summed E-state index contributed by atoms with van der Waals surface area (Å²) in [6, 6.07) is 0. The first-order chi connectivity index (χ1) is 48.7. The molecule has 0 fully saturated rings. The third kappa shape index (κ3) is 72.6. The summed E-state index contributed by atoms with van der Waals surface area (Å²) in [5.41, 5.74) is 0. The van der Waals surface area contributed by atoms with E-state index in [0.717, 1.165) is 186 Å². The molecule has 0 aliphatic heterocycles. The van der Waals surface area contributed by atoms with Crippen LogP contribution >= 0.6 is 15.6 Å². The van der Waals surface area contributed by atoms with Gasteiger partial charge in [0.2, 0.25) is 0 Å². The Morgan fingerprint density at radius 1 is 0.290 bits per heavy atom. The molecular weight excluding hydrogens is 1310 g/mol. The van der Waals surface area contributed by atoms with E-state index in [9.17, 15) is 43.2 Å². The maximum Gasteiger partial charge on any atom is 0.472 e. The van der Waals surface area contributed by atoms with Crippen LogP contribution in [0, 0.1) is 0 Å². The van der Waals surface area contributed by atoms with Gasteiger partial charge in [-0.2, -0.15) is 0 Å². The number of carbonyl (C=O) groups excluding carboxylic acids is 4. The first kappa shape index (κ1) is 96.2. The number of phosphoric acid groups is 2. The minimum Gasteiger partial charge on any atom is -0.462 e. The molecule has 0 spiro atoms. The number of hydrogen-bond donors (Lipinski definition) is 3. The average molecular weight is 1450 g/mol.